The maximum Gasteiger partial charge on any atom is 0.0616 e. The van der Waals surface area contributed by atoms with Crippen molar-refractivity contribution in [3.63, 3.8) is 0 Å². The van der Waals surface area contributed by atoms with Crippen LogP contribution in [0.25, 0.3) is 0 Å². The number of hydrogen-bond donors (Lipinski definition) is 1. The molecule has 0 aromatic heterocycles. The van der Waals surface area contributed by atoms with Crippen LogP contribution >= 0.6 is 0 Å². The minimum Gasteiger partial charge on any atom is -0.383 e. The summed E-state index contributed by atoms with van der Waals surface area (Å²) in [5.74, 6) is 0. The summed E-state index contributed by atoms with van der Waals surface area (Å²) in [4.78, 5) is 0. The Bertz CT molecular complexity index is 163. The molecule has 0 saturated carbocycles. The van der Waals surface area contributed by atoms with Crippen molar-refractivity contribution in [1.29, 1.82) is 0 Å². The third-order valence-electron chi connectivity index (χ3n) is 3.49. The summed E-state index contributed by atoms with van der Waals surface area (Å²) in [6.45, 7) is 8.13. The van der Waals surface area contributed by atoms with Crippen molar-refractivity contribution in [2.75, 3.05) is 33.4 Å². The minimum absolute atomic E-state index is 0.355. The highest BCUT2D eigenvalue weighted by Crippen LogP contribution is 2.37. The van der Waals surface area contributed by atoms with Gasteiger partial charge >= 0.3 is 0 Å². The fraction of sp³-hybridized carbons (Fsp3) is 1.00. The molecule has 1 aliphatic rings. The van der Waals surface area contributed by atoms with Gasteiger partial charge < -0.3 is 14.8 Å². The topological polar surface area (TPSA) is 30.5 Å². The Labute approximate surface area is 87.2 Å². The zero-order valence-electron chi connectivity index (χ0n) is 9.64. The molecular formula is C11H23NO2. The van der Waals surface area contributed by atoms with Crippen molar-refractivity contribution < 1.29 is 9.47 Å². The first-order valence-corrected chi connectivity index (χ1v) is 5.56. The molecule has 0 aromatic carbocycles. The zero-order valence-corrected chi connectivity index (χ0v) is 9.64. The van der Waals surface area contributed by atoms with Gasteiger partial charge in [-0.3, -0.25) is 0 Å². The Morgan fingerprint density at radius 2 is 2.36 bits per heavy atom. The van der Waals surface area contributed by atoms with Gasteiger partial charge in [0.2, 0.25) is 0 Å². The van der Waals surface area contributed by atoms with Gasteiger partial charge in [-0.1, -0.05) is 6.92 Å². The van der Waals surface area contributed by atoms with E-state index in [0.29, 0.717) is 11.5 Å². The number of nitrogens with one attached hydrogen (secondary N) is 1. The van der Waals surface area contributed by atoms with Crippen molar-refractivity contribution in [2.24, 2.45) is 5.41 Å². The standard InChI is InChI=1S/C11H23NO2/c1-4-11(5-7-14-10(11)2)9-12-6-8-13-3/h10,12H,4-9H2,1-3H3. The van der Waals surface area contributed by atoms with Gasteiger partial charge in [0.05, 0.1) is 12.7 Å². The average molecular weight is 201 g/mol. The van der Waals surface area contributed by atoms with E-state index in [4.69, 9.17) is 9.47 Å². The molecule has 0 aliphatic carbocycles. The first-order valence-electron chi connectivity index (χ1n) is 5.56. The zero-order chi connectivity index (χ0) is 10.4. The molecule has 0 amide bonds. The predicted octanol–water partition coefficient (Wildman–Crippen LogP) is 1.43. The monoisotopic (exact) mass is 201 g/mol. The van der Waals surface area contributed by atoms with Crippen LogP contribution in [0.15, 0.2) is 0 Å². The van der Waals surface area contributed by atoms with Gasteiger partial charge in [-0.25, -0.2) is 0 Å². The molecule has 2 unspecified atom stereocenters. The number of rotatable bonds is 6. The second-order valence-corrected chi connectivity index (χ2v) is 4.15. The molecule has 84 valence electrons. The van der Waals surface area contributed by atoms with Gasteiger partial charge in [-0.15, -0.1) is 0 Å². The molecular weight excluding hydrogens is 178 g/mol. The first-order chi connectivity index (χ1) is 6.75. The average Bonchev–Trinajstić information content (AvgIpc) is 2.56. The molecule has 3 nitrogen and oxygen atoms in total. The second-order valence-electron chi connectivity index (χ2n) is 4.15. The van der Waals surface area contributed by atoms with E-state index in [1.165, 1.54) is 12.8 Å². The quantitative estimate of drug-likeness (QED) is 0.659. The highest BCUT2D eigenvalue weighted by molar-refractivity contribution is 4.90. The van der Waals surface area contributed by atoms with Crippen LogP contribution in [0.1, 0.15) is 26.7 Å². The summed E-state index contributed by atoms with van der Waals surface area (Å²) in [5, 5.41) is 3.45. The first kappa shape index (κ1) is 12.0. The summed E-state index contributed by atoms with van der Waals surface area (Å²) in [6.07, 6.45) is 2.77. The second kappa shape index (κ2) is 5.69. The largest absolute Gasteiger partial charge is 0.383 e. The smallest absolute Gasteiger partial charge is 0.0616 e. The lowest BCUT2D eigenvalue weighted by atomic mass is 9.79. The molecule has 1 heterocycles. The van der Waals surface area contributed by atoms with Crippen molar-refractivity contribution in [2.45, 2.75) is 32.8 Å². The van der Waals surface area contributed by atoms with E-state index in [1.54, 1.807) is 7.11 Å². The van der Waals surface area contributed by atoms with Crippen LogP contribution in [-0.4, -0.2) is 39.5 Å². The Kier molecular flexibility index (Phi) is 4.85. The van der Waals surface area contributed by atoms with Crippen LogP contribution in [0, 0.1) is 5.41 Å². The van der Waals surface area contributed by atoms with Gasteiger partial charge in [-0.05, 0) is 19.8 Å². The van der Waals surface area contributed by atoms with Crippen molar-refractivity contribution in [3.8, 4) is 0 Å². The third kappa shape index (κ3) is 2.69. The van der Waals surface area contributed by atoms with Crippen LogP contribution in [0.2, 0.25) is 0 Å². The van der Waals surface area contributed by atoms with Crippen molar-refractivity contribution >= 4 is 0 Å². The fourth-order valence-electron chi connectivity index (χ4n) is 2.15. The SMILES string of the molecule is CCC1(CNCCOC)CCOC1C. The molecule has 0 aromatic rings. The van der Waals surface area contributed by atoms with E-state index >= 15 is 0 Å². The molecule has 3 heteroatoms. The maximum absolute atomic E-state index is 5.65. The molecule has 0 bridgehead atoms. The third-order valence-corrected chi connectivity index (χ3v) is 3.49. The molecule has 1 fully saturated rings. The lowest BCUT2D eigenvalue weighted by Crippen LogP contribution is -2.40. The van der Waals surface area contributed by atoms with Gasteiger partial charge in [0.1, 0.15) is 0 Å². The molecule has 0 radical (unpaired) electrons. The fourth-order valence-corrected chi connectivity index (χ4v) is 2.15. The Morgan fingerprint density at radius 1 is 1.57 bits per heavy atom. The van der Waals surface area contributed by atoms with Crippen LogP contribution < -0.4 is 5.32 Å². The highest BCUT2D eigenvalue weighted by atomic mass is 16.5. The molecule has 1 rings (SSSR count). The number of methoxy groups -OCH3 is 1. The van der Waals surface area contributed by atoms with E-state index in [1.807, 2.05) is 0 Å². The van der Waals surface area contributed by atoms with E-state index < -0.39 is 0 Å². The Morgan fingerprint density at radius 3 is 2.86 bits per heavy atom. The summed E-state index contributed by atoms with van der Waals surface area (Å²) >= 11 is 0. The van der Waals surface area contributed by atoms with Crippen LogP contribution in [-0.2, 0) is 9.47 Å². The molecule has 1 N–H and O–H groups in total. The van der Waals surface area contributed by atoms with Crippen LogP contribution in [0.4, 0.5) is 0 Å². The molecule has 14 heavy (non-hydrogen) atoms. The summed E-state index contributed by atoms with van der Waals surface area (Å²) in [6, 6.07) is 0. The van der Waals surface area contributed by atoms with Crippen LogP contribution in [0.5, 0.6) is 0 Å². The molecule has 1 aliphatic heterocycles. The van der Waals surface area contributed by atoms with Gasteiger partial charge in [0.15, 0.2) is 0 Å². The Hall–Kier alpha value is -0.120. The maximum atomic E-state index is 5.65. The summed E-state index contributed by atoms with van der Waals surface area (Å²) in [7, 11) is 1.73. The molecule has 1 saturated heterocycles. The lowest BCUT2D eigenvalue weighted by molar-refractivity contribution is 0.0599. The predicted molar refractivity (Wildman–Crippen MR) is 57.5 cm³/mol. The van der Waals surface area contributed by atoms with Crippen molar-refractivity contribution in [1.82, 2.24) is 5.32 Å². The lowest BCUT2D eigenvalue weighted by Gasteiger charge is -2.31. The number of ether oxygens (including phenoxy) is 2. The normalized spacial score (nSPS) is 32.4. The van der Waals surface area contributed by atoms with E-state index in [-0.39, 0.29) is 0 Å². The summed E-state index contributed by atoms with van der Waals surface area (Å²) < 4.78 is 10.7. The van der Waals surface area contributed by atoms with Gasteiger partial charge in [-0.2, -0.15) is 0 Å². The molecule has 0 spiro atoms. The Balaban J connectivity index is 2.30. The van der Waals surface area contributed by atoms with E-state index in [0.717, 1.165) is 26.3 Å². The van der Waals surface area contributed by atoms with E-state index in [2.05, 4.69) is 19.2 Å². The van der Waals surface area contributed by atoms with E-state index in [9.17, 15) is 0 Å². The van der Waals surface area contributed by atoms with Gasteiger partial charge in [0.25, 0.3) is 0 Å². The summed E-state index contributed by atoms with van der Waals surface area (Å²) in [5.41, 5.74) is 0.355. The highest BCUT2D eigenvalue weighted by Gasteiger charge is 2.39. The minimum atomic E-state index is 0.355. The van der Waals surface area contributed by atoms with Gasteiger partial charge in [0, 0.05) is 32.2 Å². The van der Waals surface area contributed by atoms with Crippen molar-refractivity contribution in [3.05, 3.63) is 0 Å². The van der Waals surface area contributed by atoms with Crippen LogP contribution in [0.3, 0.4) is 0 Å². The number of hydrogen-bond acceptors (Lipinski definition) is 3. The molecule has 2 atom stereocenters.